The summed E-state index contributed by atoms with van der Waals surface area (Å²) in [6.07, 6.45) is 2.46. The number of aromatic nitrogens is 2. The van der Waals surface area contributed by atoms with Gasteiger partial charge in [0.15, 0.2) is 0 Å². The lowest BCUT2D eigenvalue weighted by Gasteiger charge is -2.31. The molecule has 0 aromatic carbocycles. The molecule has 0 saturated carbocycles. The van der Waals surface area contributed by atoms with Crippen molar-refractivity contribution in [1.29, 1.82) is 0 Å². The van der Waals surface area contributed by atoms with Crippen molar-refractivity contribution in [3.63, 3.8) is 0 Å². The van der Waals surface area contributed by atoms with Crippen LogP contribution in [0.3, 0.4) is 0 Å². The van der Waals surface area contributed by atoms with Gasteiger partial charge in [-0.15, -0.1) is 0 Å². The van der Waals surface area contributed by atoms with E-state index in [4.69, 9.17) is 0 Å². The molecule has 1 atom stereocenters. The second kappa shape index (κ2) is 4.90. The summed E-state index contributed by atoms with van der Waals surface area (Å²) in [5.41, 5.74) is 0.739. The quantitative estimate of drug-likeness (QED) is 0.854. The third kappa shape index (κ3) is 2.87. The maximum atomic E-state index is 11.5. The van der Waals surface area contributed by atoms with Crippen molar-refractivity contribution in [1.82, 2.24) is 9.97 Å². The van der Waals surface area contributed by atoms with Gasteiger partial charge in [-0.25, -0.2) is 4.79 Å². The summed E-state index contributed by atoms with van der Waals surface area (Å²) in [6, 6.07) is 2.02. The number of aromatic amines is 1. The number of nitrogens with zero attached hydrogens (tertiary/aromatic N) is 2. The molecule has 0 aliphatic carbocycles. The molecular weight excluding hydrogens is 214 g/mol. The highest BCUT2D eigenvalue weighted by atomic mass is 16.1. The van der Waals surface area contributed by atoms with Crippen LogP contribution in [0.15, 0.2) is 10.9 Å². The zero-order valence-electron chi connectivity index (χ0n) is 10.9. The molecule has 1 aromatic heterocycles. The Morgan fingerprint density at radius 1 is 1.53 bits per heavy atom. The maximum Gasteiger partial charge on any atom is 0.347 e. The molecule has 1 unspecified atom stereocenters. The van der Waals surface area contributed by atoms with Gasteiger partial charge in [0.25, 0.3) is 0 Å². The summed E-state index contributed by atoms with van der Waals surface area (Å²) in [4.78, 5) is 20.7. The molecule has 1 N–H and O–H groups in total. The first-order valence-electron chi connectivity index (χ1n) is 6.42. The monoisotopic (exact) mass is 235 g/mol. The van der Waals surface area contributed by atoms with E-state index in [1.807, 2.05) is 6.07 Å². The molecule has 0 amide bonds. The second-order valence-electron chi connectivity index (χ2n) is 5.35. The molecule has 1 aromatic rings. The van der Waals surface area contributed by atoms with Crippen LogP contribution in [-0.4, -0.2) is 23.1 Å². The van der Waals surface area contributed by atoms with E-state index in [-0.39, 0.29) is 5.69 Å². The first-order valence-corrected chi connectivity index (χ1v) is 6.42. The van der Waals surface area contributed by atoms with Crippen LogP contribution in [0.4, 0.5) is 5.82 Å². The second-order valence-corrected chi connectivity index (χ2v) is 5.35. The van der Waals surface area contributed by atoms with Gasteiger partial charge in [0.2, 0.25) is 0 Å². The lowest BCUT2D eigenvalue weighted by Crippen LogP contribution is -2.36. The van der Waals surface area contributed by atoms with E-state index < -0.39 is 0 Å². The molecule has 4 nitrogen and oxygen atoms in total. The third-order valence-electron chi connectivity index (χ3n) is 3.35. The van der Waals surface area contributed by atoms with Gasteiger partial charge in [-0.1, -0.05) is 20.8 Å². The van der Waals surface area contributed by atoms with Crippen LogP contribution in [0.2, 0.25) is 0 Å². The molecule has 0 bridgehead atoms. The van der Waals surface area contributed by atoms with Crippen LogP contribution >= 0.6 is 0 Å². The lowest BCUT2D eigenvalue weighted by atomic mass is 10.0. The van der Waals surface area contributed by atoms with Crippen molar-refractivity contribution >= 4 is 5.82 Å². The molecule has 4 heteroatoms. The Hall–Kier alpha value is -1.32. The first kappa shape index (κ1) is 12.1. The van der Waals surface area contributed by atoms with Gasteiger partial charge < -0.3 is 9.88 Å². The molecule has 2 heterocycles. The Morgan fingerprint density at radius 2 is 2.29 bits per heavy atom. The minimum atomic E-state index is -0.232. The molecule has 17 heavy (non-hydrogen) atoms. The molecular formula is C13H21N3O. The standard InChI is InChI=1S/C13H21N3O/c1-9(2)11-7-12(15-13(17)14-11)16-6-4-5-10(3)8-16/h7,9-10H,4-6,8H2,1-3H3,(H,14,15,17). The Bertz CT molecular complexity index is 439. The summed E-state index contributed by atoms with van der Waals surface area (Å²) in [5, 5.41) is 0. The number of hydrogen-bond acceptors (Lipinski definition) is 3. The van der Waals surface area contributed by atoms with Gasteiger partial charge >= 0.3 is 5.69 Å². The number of hydrogen-bond donors (Lipinski definition) is 1. The van der Waals surface area contributed by atoms with Crippen molar-refractivity contribution in [2.24, 2.45) is 5.92 Å². The molecule has 0 radical (unpaired) electrons. The Kier molecular flexibility index (Phi) is 3.50. The SMILES string of the molecule is CC1CCCN(c2cc(C(C)C)[nH]c(=O)n2)C1. The largest absolute Gasteiger partial charge is 0.356 e. The predicted octanol–water partition coefficient (Wildman–Crippen LogP) is 2.13. The van der Waals surface area contributed by atoms with E-state index in [1.54, 1.807) is 0 Å². The number of rotatable bonds is 2. The first-order chi connectivity index (χ1) is 8.06. The Morgan fingerprint density at radius 3 is 2.94 bits per heavy atom. The fourth-order valence-electron chi connectivity index (χ4n) is 2.33. The minimum absolute atomic E-state index is 0.232. The third-order valence-corrected chi connectivity index (χ3v) is 3.35. The summed E-state index contributed by atoms with van der Waals surface area (Å²) < 4.78 is 0. The van der Waals surface area contributed by atoms with Crippen LogP contribution < -0.4 is 10.6 Å². The summed E-state index contributed by atoms with van der Waals surface area (Å²) >= 11 is 0. The van der Waals surface area contributed by atoms with Gasteiger partial charge in [0, 0.05) is 24.8 Å². The van der Waals surface area contributed by atoms with E-state index in [0.29, 0.717) is 11.8 Å². The highest BCUT2D eigenvalue weighted by molar-refractivity contribution is 5.40. The number of piperidine rings is 1. The molecule has 2 rings (SSSR count). The van der Waals surface area contributed by atoms with Gasteiger partial charge in [-0.2, -0.15) is 4.98 Å². The van der Waals surface area contributed by atoms with E-state index in [1.165, 1.54) is 12.8 Å². The van der Waals surface area contributed by atoms with Gasteiger partial charge in [-0.05, 0) is 24.7 Å². The fourth-order valence-corrected chi connectivity index (χ4v) is 2.33. The van der Waals surface area contributed by atoms with Crippen molar-refractivity contribution in [3.8, 4) is 0 Å². The van der Waals surface area contributed by atoms with Crippen LogP contribution in [-0.2, 0) is 0 Å². The zero-order chi connectivity index (χ0) is 12.4. The smallest absolute Gasteiger partial charge is 0.347 e. The molecule has 1 aliphatic rings. The fraction of sp³-hybridized carbons (Fsp3) is 0.692. The highest BCUT2D eigenvalue weighted by Gasteiger charge is 2.18. The van der Waals surface area contributed by atoms with E-state index in [9.17, 15) is 4.79 Å². The van der Waals surface area contributed by atoms with Gasteiger partial charge in [0.05, 0.1) is 0 Å². The molecule has 0 spiro atoms. The molecule has 1 fully saturated rings. The van der Waals surface area contributed by atoms with Crippen molar-refractivity contribution in [2.45, 2.75) is 39.5 Å². The lowest BCUT2D eigenvalue weighted by molar-refractivity contribution is 0.444. The predicted molar refractivity (Wildman–Crippen MR) is 69.6 cm³/mol. The average Bonchev–Trinajstić information content (AvgIpc) is 2.28. The Balaban J connectivity index is 2.28. The number of anilines is 1. The minimum Gasteiger partial charge on any atom is -0.356 e. The summed E-state index contributed by atoms with van der Waals surface area (Å²) in [5.74, 6) is 1.85. The average molecular weight is 235 g/mol. The van der Waals surface area contributed by atoms with E-state index in [0.717, 1.165) is 24.6 Å². The van der Waals surface area contributed by atoms with Crippen LogP contribution in [0.1, 0.15) is 45.2 Å². The van der Waals surface area contributed by atoms with E-state index >= 15 is 0 Å². The highest BCUT2D eigenvalue weighted by Crippen LogP contribution is 2.22. The van der Waals surface area contributed by atoms with Crippen LogP contribution in [0, 0.1) is 5.92 Å². The zero-order valence-corrected chi connectivity index (χ0v) is 10.9. The molecule has 94 valence electrons. The van der Waals surface area contributed by atoms with Gasteiger partial charge in [-0.3, -0.25) is 0 Å². The van der Waals surface area contributed by atoms with Crippen molar-refractivity contribution in [2.75, 3.05) is 18.0 Å². The topological polar surface area (TPSA) is 49.0 Å². The van der Waals surface area contributed by atoms with Crippen LogP contribution in [0.25, 0.3) is 0 Å². The van der Waals surface area contributed by atoms with Crippen molar-refractivity contribution in [3.05, 3.63) is 22.2 Å². The number of H-pyrrole nitrogens is 1. The normalized spacial score (nSPS) is 20.9. The van der Waals surface area contributed by atoms with Crippen molar-refractivity contribution < 1.29 is 0 Å². The van der Waals surface area contributed by atoms with Gasteiger partial charge in [0.1, 0.15) is 5.82 Å². The maximum absolute atomic E-state index is 11.5. The summed E-state index contributed by atoms with van der Waals surface area (Å²) in [7, 11) is 0. The van der Waals surface area contributed by atoms with Crippen LogP contribution in [0.5, 0.6) is 0 Å². The number of nitrogens with one attached hydrogen (secondary N) is 1. The molecule has 1 aliphatic heterocycles. The molecule has 1 saturated heterocycles. The summed E-state index contributed by atoms with van der Waals surface area (Å²) in [6.45, 7) is 8.43. The van der Waals surface area contributed by atoms with E-state index in [2.05, 4.69) is 35.6 Å². The Labute approximate surface area is 102 Å².